The van der Waals surface area contributed by atoms with Crippen LogP contribution < -0.4 is 5.32 Å². The standard InChI is InChI=1S/C24H33N3O4S/c1-32(2,3)14-13-30-18-27-22-10-9-19(11-12-28)15-21(22)26-23(27)16-25-24(29)31-17-20-7-5-4-6-8-20/h4-10,15,28H,11-14,16-18H2,1-3H3,(H,25,29). The van der Waals surface area contributed by atoms with Gasteiger partial charge in [-0.1, -0.05) is 36.4 Å². The molecule has 0 saturated heterocycles. The van der Waals surface area contributed by atoms with E-state index in [2.05, 4.69) is 24.1 Å². The third-order valence-electron chi connectivity index (χ3n) is 4.96. The highest BCUT2D eigenvalue weighted by Crippen LogP contribution is 2.33. The van der Waals surface area contributed by atoms with E-state index in [9.17, 15) is 9.90 Å². The molecule has 0 radical (unpaired) electrons. The predicted octanol–water partition coefficient (Wildman–Crippen LogP) is 3.67. The number of benzene rings is 2. The molecule has 1 amide bonds. The van der Waals surface area contributed by atoms with Gasteiger partial charge in [0.05, 0.1) is 24.2 Å². The molecule has 0 aliphatic carbocycles. The molecule has 1 heterocycles. The highest BCUT2D eigenvalue weighted by Gasteiger charge is 2.14. The van der Waals surface area contributed by atoms with Crippen LogP contribution in [0, 0.1) is 0 Å². The Hall–Kier alpha value is -2.55. The average Bonchev–Trinajstić information content (AvgIpc) is 3.11. The first-order valence-corrected chi connectivity index (χ1v) is 13.7. The highest BCUT2D eigenvalue weighted by atomic mass is 32.3. The van der Waals surface area contributed by atoms with Gasteiger partial charge < -0.3 is 24.5 Å². The lowest BCUT2D eigenvalue weighted by molar-refractivity contribution is 0.0897. The first kappa shape index (κ1) is 24.1. The second-order valence-corrected chi connectivity index (χ2v) is 13.1. The number of nitrogens with one attached hydrogen (secondary N) is 1. The zero-order valence-corrected chi connectivity index (χ0v) is 19.9. The number of aromatic nitrogens is 2. The topological polar surface area (TPSA) is 85.6 Å². The summed E-state index contributed by atoms with van der Waals surface area (Å²) < 4.78 is 13.2. The molecule has 8 heteroatoms. The lowest BCUT2D eigenvalue weighted by Gasteiger charge is -2.24. The SMILES string of the molecule is CS(C)(C)CCOCn1c(CNC(=O)OCc2ccccc2)nc2cc(CCO)ccc21. The maximum Gasteiger partial charge on any atom is 0.407 e. The van der Waals surface area contributed by atoms with Gasteiger partial charge in [0.2, 0.25) is 0 Å². The number of imidazole rings is 1. The molecular weight excluding hydrogens is 426 g/mol. The van der Waals surface area contributed by atoms with Gasteiger partial charge in [0.1, 0.15) is 19.2 Å². The number of nitrogens with zero attached hydrogens (tertiary/aromatic N) is 2. The Morgan fingerprint density at radius 3 is 2.62 bits per heavy atom. The molecule has 0 atom stereocenters. The lowest BCUT2D eigenvalue weighted by Crippen LogP contribution is -2.25. The summed E-state index contributed by atoms with van der Waals surface area (Å²) in [5.41, 5.74) is 3.70. The summed E-state index contributed by atoms with van der Waals surface area (Å²) in [6, 6.07) is 15.5. The van der Waals surface area contributed by atoms with E-state index >= 15 is 0 Å². The van der Waals surface area contributed by atoms with E-state index in [0.29, 0.717) is 25.6 Å². The zero-order valence-electron chi connectivity index (χ0n) is 19.0. The minimum absolute atomic E-state index is 0.0894. The van der Waals surface area contributed by atoms with Crippen LogP contribution in [0.3, 0.4) is 0 Å². The number of carbonyl (C=O) groups excluding carboxylic acids is 1. The first-order chi connectivity index (χ1) is 15.4. The van der Waals surface area contributed by atoms with Crippen LogP contribution in [0.5, 0.6) is 0 Å². The Labute approximate surface area is 191 Å². The summed E-state index contributed by atoms with van der Waals surface area (Å²) in [6.45, 7) is 1.57. The van der Waals surface area contributed by atoms with Gasteiger partial charge in [0.25, 0.3) is 0 Å². The Morgan fingerprint density at radius 2 is 1.91 bits per heavy atom. The van der Waals surface area contributed by atoms with Crippen molar-refractivity contribution in [3.63, 3.8) is 0 Å². The maximum atomic E-state index is 12.2. The van der Waals surface area contributed by atoms with Crippen LogP contribution in [-0.2, 0) is 35.8 Å². The molecule has 174 valence electrons. The molecule has 0 spiro atoms. The number of hydrogen-bond donors (Lipinski definition) is 2. The first-order valence-electron chi connectivity index (χ1n) is 10.6. The lowest BCUT2D eigenvalue weighted by atomic mass is 10.1. The van der Waals surface area contributed by atoms with E-state index in [4.69, 9.17) is 14.5 Å². The molecule has 0 saturated carbocycles. The summed E-state index contributed by atoms with van der Waals surface area (Å²) in [5.74, 6) is 1.72. The van der Waals surface area contributed by atoms with Crippen molar-refractivity contribution in [3.05, 3.63) is 65.5 Å². The number of ether oxygens (including phenoxy) is 2. The Balaban J connectivity index is 1.67. The highest BCUT2D eigenvalue weighted by molar-refractivity contribution is 8.32. The Kier molecular flexibility index (Phi) is 8.55. The van der Waals surface area contributed by atoms with E-state index in [1.54, 1.807) is 0 Å². The maximum absolute atomic E-state index is 12.2. The van der Waals surface area contributed by atoms with Gasteiger partial charge in [-0.15, -0.1) is 0 Å². The van der Waals surface area contributed by atoms with Crippen LogP contribution in [0.25, 0.3) is 11.0 Å². The number of fused-ring (bicyclic) bond motifs is 1. The van der Waals surface area contributed by atoms with E-state index in [0.717, 1.165) is 27.9 Å². The smallest absolute Gasteiger partial charge is 0.407 e. The second kappa shape index (κ2) is 11.4. The Morgan fingerprint density at radius 1 is 1.12 bits per heavy atom. The third-order valence-corrected chi connectivity index (χ3v) is 6.35. The van der Waals surface area contributed by atoms with Gasteiger partial charge in [0.15, 0.2) is 0 Å². The number of aliphatic hydroxyl groups excluding tert-OH is 1. The fraction of sp³-hybridized carbons (Fsp3) is 0.417. The van der Waals surface area contributed by atoms with Crippen LogP contribution >= 0.6 is 10.0 Å². The van der Waals surface area contributed by atoms with Crippen molar-refractivity contribution in [3.8, 4) is 0 Å². The quantitative estimate of drug-likeness (QED) is 0.428. The number of amides is 1. The van der Waals surface area contributed by atoms with Gasteiger partial charge in [-0.25, -0.2) is 19.8 Å². The fourth-order valence-corrected chi connectivity index (χ4v) is 3.80. The van der Waals surface area contributed by atoms with E-state index in [1.165, 1.54) is 0 Å². The number of aliphatic hydroxyl groups is 1. The molecule has 7 nitrogen and oxygen atoms in total. The molecule has 0 aliphatic rings. The van der Waals surface area contributed by atoms with Crippen LogP contribution in [0.15, 0.2) is 48.5 Å². The minimum Gasteiger partial charge on any atom is -0.445 e. The zero-order chi connectivity index (χ0) is 23.0. The summed E-state index contributed by atoms with van der Waals surface area (Å²) in [4.78, 5) is 16.9. The number of carbonyl (C=O) groups is 1. The summed E-state index contributed by atoms with van der Waals surface area (Å²) >= 11 is 0. The molecule has 2 aromatic carbocycles. The van der Waals surface area contributed by atoms with Gasteiger partial charge >= 0.3 is 6.09 Å². The van der Waals surface area contributed by atoms with Crippen LogP contribution in [0.1, 0.15) is 17.0 Å². The van der Waals surface area contributed by atoms with Crippen LogP contribution in [-0.4, -0.2) is 58.5 Å². The van der Waals surface area contributed by atoms with Crippen molar-refractivity contribution in [1.29, 1.82) is 0 Å². The summed E-state index contributed by atoms with van der Waals surface area (Å²) in [6.07, 6.45) is 6.88. The predicted molar refractivity (Wildman–Crippen MR) is 130 cm³/mol. The molecule has 3 rings (SSSR count). The van der Waals surface area contributed by atoms with Crippen LogP contribution in [0.2, 0.25) is 0 Å². The Bertz CT molecular complexity index is 1020. The monoisotopic (exact) mass is 459 g/mol. The van der Waals surface area contributed by atoms with Crippen molar-refractivity contribution in [2.75, 3.05) is 37.7 Å². The molecule has 0 bridgehead atoms. The van der Waals surface area contributed by atoms with Crippen molar-refractivity contribution < 1.29 is 19.4 Å². The molecule has 0 unspecified atom stereocenters. The third kappa shape index (κ3) is 7.25. The van der Waals surface area contributed by atoms with E-state index in [-0.39, 0.29) is 19.8 Å². The van der Waals surface area contributed by atoms with Crippen molar-refractivity contribution in [2.45, 2.75) is 26.3 Å². The molecule has 2 N–H and O–H groups in total. The molecule has 3 aromatic rings. The fourth-order valence-electron chi connectivity index (χ4n) is 3.18. The van der Waals surface area contributed by atoms with Gasteiger partial charge in [0, 0.05) is 12.4 Å². The van der Waals surface area contributed by atoms with E-state index < -0.39 is 16.1 Å². The summed E-state index contributed by atoms with van der Waals surface area (Å²) in [5, 5.41) is 12.0. The molecule has 0 aliphatic heterocycles. The largest absolute Gasteiger partial charge is 0.445 e. The molecule has 0 fully saturated rings. The number of hydrogen-bond acceptors (Lipinski definition) is 5. The van der Waals surface area contributed by atoms with Gasteiger partial charge in [-0.2, -0.15) is 0 Å². The average molecular weight is 460 g/mol. The molecular formula is C24H33N3O4S. The molecule has 32 heavy (non-hydrogen) atoms. The minimum atomic E-state index is -0.628. The van der Waals surface area contributed by atoms with Gasteiger partial charge in [-0.3, -0.25) is 0 Å². The van der Waals surface area contributed by atoms with E-state index in [1.807, 2.05) is 53.1 Å². The number of rotatable bonds is 11. The summed E-state index contributed by atoms with van der Waals surface area (Å²) in [7, 11) is -0.628. The second-order valence-electron chi connectivity index (χ2n) is 8.50. The van der Waals surface area contributed by atoms with Gasteiger partial charge in [-0.05, 0) is 48.4 Å². The van der Waals surface area contributed by atoms with Crippen molar-refractivity contribution in [1.82, 2.24) is 14.9 Å². The normalized spacial score (nSPS) is 12.1. The molecule has 1 aromatic heterocycles. The van der Waals surface area contributed by atoms with Crippen molar-refractivity contribution in [2.24, 2.45) is 0 Å². The van der Waals surface area contributed by atoms with Crippen molar-refractivity contribution >= 4 is 27.2 Å². The number of alkyl carbamates (subject to hydrolysis) is 1. The van der Waals surface area contributed by atoms with Crippen LogP contribution in [0.4, 0.5) is 4.79 Å².